The van der Waals surface area contributed by atoms with Crippen LogP contribution in [0.1, 0.15) is 12.0 Å². The molecule has 0 bridgehead atoms. The largest absolute Gasteiger partial charge is 0.356 e. The number of nitrogens with zero attached hydrogens (tertiary/aromatic N) is 2. The van der Waals surface area contributed by atoms with Gasteiger partial charge in [-0.05, 0) is 18.2 Å². The average Bonchev–Trinajstić information content (AvgIpc) is 2.81. The maximum atomic E-state index is 5.72. The number of rotatable bonds is 3. The maximum absolute atomic E-state index is 5.72. The fourth-order valence-corrected chi connectivity index (χ4v) is 3.18. The second kappa shape index (κ2) is 4.86. The Bertz CT molecular complexity index is 323. The molecule has 0 radical (unpaired) electrons. The third kappa shape index (κ3) is 2.26. The Morgan fingerprint density at radius 2 is 2.53 bits per heavy atom. The molecule has 0 aromatic carbocycles. The smallest absolute Gasteiger partial charge is 0.133 e. The molecule has 0 saturated carbocycles. The predicted octanol–water partition coefficient (Wildman–Crippen LogP) is 1.48. The van der Waals surface area contributed by atoms with Crippen molar-refractivity contribution in [1.29, 1.82) is 0 Å². The van der Waals surface area contributed by atoms with Gasteiger partial charge in [-0.15, -0.1) is 0 Å². The van der Waals surface area contributed by atoms with Crippen LogP contribution in [0.2, 0.25) is 0 Å². The normalized spacial score (nSPS) is 20.5. The molecule has 3 nitrogen and oxygen atoms in total. The molecular formula is C11H17N3S. The third-order valence-electron chi connectivity index (χ3n) is 2.87. The highest BCUT2D eigenvalue weighted by Crippen LogP contribution is 2.26. The number of hydrogen-bond acceptors (Lipinski definition) is 4. The molecule has 82 valence electrons. The van der Waals surface area contributed by atoms with Crippen LogP contribution in [0.4, 0.5) is 5.82 Å². The molecule has 2 N–H and O–H groups in total. The van der Waals surface area contributed by atoms with Crippen molar-refractivity contribution in [2.45, 2.75) is 19.0 Å². The number of anilines is 1. The van der Waals surface area contributed by atoms with Gasteiger partial charge in [-0.1, -0.05) is 6.07 Å². The lowest BCUT2D eigenvalue weighted by Gasteiger charge is -2.26. The van der Waals surface area contributed by atoms with Crippen molar-refractivity contribution >= 4 is 17.6 Å². The minimum Gasteiger partial charge on any atom is -0.356 e. The van der Waals surface area contributed by atoms with Crippen LogP contribution in [-0.4, -0.2) is 29.6 Å². The van der Waals surface area contributed by atoms with Gasteiger partial charge in [0, 0.05) is 37.1 Å². The zero-order valence-corrected chi connectivity index (χ0v) is 9.83. The maximum Gasteiger partial charge on any atom is 0.133 e. The summed E-state index contributed by atoms with van der Waals surface area (Å²) in [7, 11) is 2.12. The van der Waals surface area contributed by atoms with Gasteiger partial charge in [-0.2, -0.15) is 11.8 Å². The summed E-state index contributed by atoms with van der Waals surface area (Å²) < 4.78 is 0. The van der Waals surface area contributed by atoms with Gasteiger partial charge in [0.05, 0.1) is 0 Å². The van der Waals surface area contributed by atoms with Gasteiger partial charge in [-0.3, -0.25) is 0 Å². The summed E-state index contributed by atoms with van der Waals surface area (Å²) in [5, 5.41) is 0. The Hall–Kier alpha value is -0.740. The first-order valence-corrected chi connectivity index (χ1v) is 6.43. The van der Waals surface area contributed by atoms with E-state index >= 15 is 0 Å². The molecule has 15 heavy (non-hydrogen) atoms. The molecule has 1 unspecified atom stereocenters. The number of pyridine rings is 1. The van der Waals surface area contributed by atoms with Gasteiger partial charge in [-0.25, -0.2) is 4.98 Å². The Morgan fingerprint density at radius 1 is 1.67 bits per heavy atom. The van der Waals surface area contributed by atoms with Gasteiger partial charge in [0.25, 0.3) is 0 Å². The summed E-state index contributed by atoms with van der Waals surface area (Å²) in [5.74, 6) is 3.52. The molecule has 0 spiro atoms. The van der Waals surface area contributed by atoms with Crippen molar-refractivity contribution in [2.24, 2.45) is 5.73 Å². The lowest BCUT2D eigenvalue weighted by molar-refractivity contribution is 0.687. The molecule has 2 rings (SSSR count). The van der Waals surface area contributed by atoms with E-state index in [0.29, 0.717) is 12.6 Å². The molecule has 0 amide bonds. The van der Waals surface area contributed by atoms with Crippen LogP contribution < -0.4 is 10.6 Å². The van der Waals surface area contributed by atoms with Crippen LogP contribution in [0.3, 0.4) is 0 Å². The quantitative estimate of drug-likeness (QED) is 0.843. The van der Waals surface area contributed by atoms with Gasteiger partial charge < -0.3 is 10.6 Å². The van der Waals surface area contributed by atoms with Crippen LogP contribution in [0, 0.1) is 0 Å². The van der Waals surface area contributed by atoms with E-state index in [2.05, 4.69) is 23.0 Å². The Kier molecular flexibility index (Phi) is 3.49. The van der Waals surface area contributed by atoms with Gasteiger partial charge in [0.1, 0.15) is 5.82 Å². The molecule has 0 aliphatic carbocycles. The molecule has 1 saturated heterocycles. The first-order chi connectivity index (χ1) is 7.33. The standard InChI is InChI=1S/C11H17N3S/c1-14(10-4-6-15-8-10)11-9(7-12)3-2-5-13-11/h2-3,5,10H,4,6-8,12H2,1H3. The lowest BCUT2D eigenvalue weighted by atomic mass is 10.2. The van der Waals surface area contributed by atoms with Crippen LogP contribution in [-0.2, 0) is 6.54 Å². The minimum absolute atomic E-state index is 0.563. The Labute approximate surface area is 95.1 Å². The fraction of sp³-hybridized carbons (Fsp3) is 0.545. The SMILES string of the molecule is CN(c1ncccc1CN)C1CCSC1. The van der Waals surface area contributed by atoms with Crippen molar-refractivity contribution in [3.63, 3.8) is 0 Å². The van der Waals surface area contributed by atoms with Crippen molar-refractivity contribution < 1.29 is 0 Å². The van der Waals surface area contributed by atoms with E-state index in [0.717, 1.165) is 11.4 Å². The lowest BCUT2D eigenvalue weighted by Crippen LogP contribution is -2.33. The summed E-state index contributed by atoms with van der Waals surface area (Å²) in [4.78, 5) is 6.71. The first-order valence-electron chi connectivity index (χ1n) is 5.27. The third-order valence-corrected chi connectivity index (χ3v) is 4.02. The Balaban J connectivity index is 2.19. The average molecular weight is 223 g/mol. The second-order valence-corrected chi connectivity index (χ2v) is 4.97. The topological polar surface area (TPSA) is 42.2 Å². The van der Waals surface area contributed by atoms with Gasteiger partial charge in [0.15, 0.2) is 0 Å². The predicted molar refractivity (Wildman–Crippen MR) is 66.3 cm³/mol. The molecule has 4 heteroatoms. The summed E-state index contributed by atoms with van der Waals surface area (Å²) in [6, 6.07) is 4.62. The van der Waals surface area contributed by atoms with Crippen molar-refractivity contribution in [2.75, 3.05) is 23.5 Å². The molecule has 1 fully saturated rings. The number of hydrogen-bond donors (Lipinski definition) is 1. The summed E-state index contributed by atoms with van der Waals surface area (Å²) >= 11 is 2.02. The van der Waals surface area contributed by atoms with E-state index in [1.54, 1.807) is 0 Å². The minimum atomic E-state index is 0.563. The summed E-state index contributed by atoms with van der Waals surface area (Å²) in [5.41, 5.74) is 6.85. The van der Waals surface area contributed by atoms with E-state index in [4.69, 9.17) is 5.73 Å². The highest BCUT2D eigenvalue weighted by Gasteiger charge is 2.22. The monoisotopic (exact) mass is 223 g/mol. The summed E-state index contributed by atoms with van der Waals surface area (Å²) in [6.07, 6.45) is 3.09. The zero-order chi connectivity index (χ0) is 10.7. The highest BCUT2D eigenvalue weighted by atomic mass is 32.2. The fourth-order valence-electron chi connectivity index (χ4n) is 1.91. The van der Waals surface area contributed by atoms with Crippen LogP contribution in [0.15, 0.2) is 18.3 Å². The van der Waals surface area contributed by atoms with E-state index in [9.17, 15) is 0 Å². The van der Waals surface area contributed by atoms with Crippen LogP contribution >= 0.6 is 11.8 Å². The van der Waals surface area contributed by atoms with E-state index < -0.39 is 0 Å². The molecule has 1 aliphatic heterocycles. The molecule has 1 aromatic rings. The van der Waals surface area contributed by atoms with E-state index in [1.165, 1.54) is 17.9 Å². The molecule has 1 aromatic heterocycles. The molecule has 2 heterocycles. The zero-order valence-electron chi connectivity index (χ0n) is 9.02. The van der Waals surface area contributed by atoms with Crippen LogP contribution in [0.5, 0.6) is 0 Å². The van der Waals surface area contributed by atoms with Crippen molar-refractivity contribution in [1.82, 2.24) is 4.98 Å². The van der Waals surface area contributed by atoms with Gasteiger partial charge >= 0.3 is 0 Å². The highest BCUT2D eigenvalue weighted by molar-refractivity contribution is 7.99. The molecule has 1 atom stereocenters. The van der Waals surface area contributed by atoms with Crippen LogP contribution in [0.25, 0.3) is 0 Å². The summed E-state index contributed by atoms with van der Waals surface area (Å²) in [6.45, 7) is 0.563. The van der Waals surface area contributed by atoms with E-state index in [1.807, 2.05) is 24.0 Å². The number of aromatic nitrogens is 1. The van der Waals surface area contributed by atoms with Crippen molar-refractivity contribution in [3.8, 4) is 0 Å². The molecule has 1 aliphatic rings. The van der Waals surface area contributed by atoms with E-state index in [-0.39, 0.29) is 0 Å². The number of nitrogens with two attached hydrogens (primary N) is 1. The first kappa shape index (κ1) is 10.8. The Morgan fingerprint density at radius 3 is 3.20 bits per heavy atom. The second-order valence-electron chi connectivity index (χ2n) is 3.82. The molecular weight excluding hydrogens is 206 g/mol. The van der Waals surface area contributed by atoms with Gasteiger partial charge in [0.2, 0.25) is 0 Å². The van der Waals surface area contributed by atoms with Crippen molar-refractivity contribution in [3.05, 3.63) is 23.9 Å². The number of thioether (sulfide) groups is 1.